The van der Waals surface area contributed by atoms with Crippen LogP contribution in [0.2, 0.25) is 5.02 Å². The van der Waals surface area contributed by atoms with Crippen molar-refractivity contribution in [3.05, 3.63) is 62.0 Å². The van der Waals surface area contributed by atoms with E-state index in [1.54, 1.807) is 11.1 Å². The highest BCUT2D eigenvalue weighted by Gasteiger charge is 2.35. The third-order valence-electron chi connectivity index (χ3n) is 3.81. The molecule has 0 bridgehead atoms. The van der Waals surface area contributed by atoms with Crippen LogP contribution in [-0.2, 0) is 25.7 Å². The van der Waals surface area contributed by atoms with E-state index in [0.717, 1.165) is 5.56 Å². The zero-order chi connectivity index (χ0) is 17.5. The topological polar surface area (TPSA) is 49.0 Å². The molecule has 24 heavy (non-hydrogen) atoms. The van der Waals surface area contributed by atoms with Crippen molar-refractivity contribution in [2.75, 3.05) is 6.54 Å². The lowest BCUT2D eigenvalue weighted by Gasteiger charge is -2.27. The monoisotopic (exact) mass is 361 g/mol. The second-order valence-electron chi connectivity index (χ2n) is 5.55. The number of alkyl halides is 3. The number of aromatic amines is 1. The van der Waals surface area contributed by atoms with Crippen LogP contribution in [0.15, 0.2) is 23.0 Å². The van der Waals surface area contributed by atoms with E-state index in [9.17, 15) is 22.4 Å². The maximum absolute atomic E-state index is 13.2. The molecule has 1 aliphatic rings. The highest BCUT2D eigenvalue weighted by atomic mass is 35.5. The second kappa shape index (κ2) is 6.18. The third kappa shape index (κ3) is 3.44. The van der Waals surface area contributed by atoms with Gasteiger partial charge in [0.25, 0.3) is 5.56 Å². The molecule has 0 saturated carbocycles. The summed E-state index contributed by atoms with van der Waals surface area (Å²) in [6.07, 6.45) is -4.41. The SMILES string of the molecule is O=c1[nH]c(C(F)(F)F)nc2c1CCN(Cc1ccc(F)c(Cl)c1)C2. The van der Waals surface area contributed by atoms with Crippen molar-refractivity contribution >= 4 is 11.6 Å². The zero-order valence-electron chi connectivity index (χ0n) is 12.3. The van der Waals surface area contributed by atoms with Gasteiger partial charge in [-0.25, -0.2) is 9.37 Å². The first kappa shape index (κ1) is 16.9. The van der Waals surface area contributed by atoms with Crippen molar-refractivity contribution < 1.29 is 17.6 Å². The van der Waals surface area contributed by atoms with Crippen LogP contribution < -0.4 is 5.56 Å². The van der Waals surface area contributed by atoms with E-state index in [-0.39, 0.29) is 22.8 Å². The van der Waals surface area contributed by atoms with Gasteiger partial charge >= 0.3 is 6.18 Å². The Morgan fingerprint density at radius 3 is 2.75 bits per heavy atom. The van der Waals surface area contributed by atoms with Crippen LogP contribution >= 0.6 is 11.6 Å². The minimum Gasteiger partial charge on any atom is -0.303 e. The number of fused-ring (bicyclic) bond motifs is 1. The molecule has 2 aromatic rings. The molecule has 0 saturated heterocycles. The summed E-state index contributed by atoms with van der Waals surface area (Å²) in [5.41, 5.74) is 0.365. The van der Waals surface area contributed by atoms with Crippen molar-refractivity contribution in [2.24, 2.45) is 0 Å². The molecule has 128 valence electrons. The highest BCUT2D eigenvalue weighted by molar-refractivity contribution is 6.30. The Morgan fingerprint density at radius 2 is 2.08 bits per heavy atom. The molecule has 0 aliphatic carbocycles. The highest BCUT2D eigenvalue weighted by Crippen LogP contribution is 2.27. The Hall–Kier alpha value is -1.93. The lowest BCUT2D eigenvalue weighted by atomic mass is 10.1. The van der Waals surface area contributed by atoms with Gasteiger partial charge in [-0.05, 0) is 24.1 Å². The van der Waals surface area contributed by atoms with Gasteiger partial charge in [-0.15, -0.1) is 0 Å². The van der Waals surface area contributed by atoms with Crippen LogP contribution in [0, 0.1) is 5.82 Å². The number of nitrogens with zero attached hydrogens (tertiary/aromatic N) is 2. The fourth-order valence-corrected chi connectivity index (χ4v) is 2.86. The number of aromatic nitrogens is 2. The minimum atomic E-state index is -4.71. The molecule has 3 rings (SSSR count). The maximum Gasteiger partial charge on any atom is 0.449 e. The molecule has 9 heteroatoms. The molecule has 0 amide bonds. The predicted molar refractivity (Wildman–Crippen MR) is 79.1 cm³/mol. The Kier molecular flexibility index (Phi) is 4.35. The van der Waals surface area contributed by atoms with Crippen LogP contribution in [0.5, 0.6) is 0 Å². The molecule has 1 aliphatic heterocycles. The van der Waals surface area contributed by atoms with E-state index in [1.165, 1.54) is 12.1 Å². The van der Waals surface area contributed by atoms with Crippen molar-refractivity contribution in [3.63, 3.8) is 0 Å². The second-order valence-corrected chi connectivity index (χ2v) is 5.95. The molecule has 2 heterocycles. The first-order valence-corrected chi connectivity index (χ1v) is 7.47. The lowest BCUT2D eigenvalue weighted by Crippen LogP contribution is -2.36. The largest absolute Gasteiger partial charge is 0.449 e. The minimum absolute atomic E-state index is 0.0150. The summed E-state index contributed by atoms with van der Waals surface area (Å²) in [6.45, 7) is 0.963. The maximum atomic E-state index is 13.2. The van der Waals surface area contributed by atoms with E-state index >= 15 is 0 Å². The fraction of sp³-hybridized carbons (Fsp3) is 0.333. The standard InChI is InChI=1S/C15H12ClF4N3O/c16-10-5-8(1-2-11(10)17)6-23-4-3-9-12(7-23)21-14(15(18,19)20)22-13(9)24/h1-2,5H,3-4,6-7H2,(H,21,22,24). The van der Waals surface area contributed by atoms with Gasteiger partial charge in [-0.1, -0.05) is 17.7 Å². The van der Waals surface area contributed by atoms with Crippen molar-refractivity contribution in [1.29, 1.82) is 0 Å². The van der Waals surface area contributed by atoms with Crippen molar-refractivity contribution in [1.82, 2.24) is 14.9 Å². The van der Waals surface area contributed by atoms with Crippen LogP contribution in [-0.4, -0.2) is 21.4 Å². The van der Waals surface area contributed by atoms with Crippen molar-refractivity contribution in [3.8, 4) is 0 Å². The summed E-state index contributed by atoms with van der Waals surface area (Å²) in [4.78, 5) is 19.0. The van der Waals surface area contributed by atoms with Crippen LogP contribution in [0.4, 0.5) is 17.6 Å². The molecule has 0 atom stereocenters. The van der Waals surface area contributed by atoms with Crippen LogP contribution in [0.25, 0.3) is 0 Å². The van der Waals surface area contributed by atoms with E-state index in [0.29, 0.717) is 19.5 Å². The van der Waals surface area contributed by atoms with Gasteiger partial charge in [0.05, 0.1) is 10.7 Å². The number of H-pyrrole nitrogens is 1. The number of halogens is 5. The number of nitrogens with one attached hydrogen (secondary N) is 1. The molecule has 1 aromatic heterocycles. The zero-order valence-corrected chi connectivity index (χ0v) is 13.0. The summed E-state index contributed by atoms with van der Waals surface area (Å²) in [5.74, 6) is -1.83. The summed E-state index contributed by atoms with van der Waals surface area (Å²) < 4.78 is 51.5. The van der Waals surface area contributed by atoms with Crippen LogP contribution in [0.3, 0.4) is 0 Å². The molecule has 0 unspecified atom stereocenters. The summed E-state index contributed by atoms with van der Waals surface area (Å²) in [5, 5.41) is -0.0150. The first-order chi connectivity index (χ1) is 11.2. The van der Waals surface area contributed by atoms with E-state index < -0.39 is 23.4 Å². The van der Waals surface area contributed by atoms with Gasteiger partial charge in [0.15, 0.2) is 0 Å². The molecule has 0 radical (unpaired) electrons. The molecule has 0 fully saturated rings. The average molecular weight is 362 g/mol. The van der Waals surface area contributed by atoms with Crippen molar-refractivity contribution in [2.45, 2.75) is 25.7 Å². The molecule has 1 aromatic carbocycles. The van der Waals surface area contributed by atoms with E-state index in [1.807, 2.05) is 4.90 Å². The summed E-state index contributed by atoms with van der Waals surface area (Å²) in [6, 6.07) is 4.27. The van der Waals surface area contributed by atoms with Gasteiger partial charge in [-0.2, -0.15) is 13.2 Å². The lowest BCUT2D eigenvalue weighted by molar-refractivity contribution is -0.145. The molecule has 1 N–H and O–H groups in total. The number of hydrogen-bond donors (Lipinski definition) is 1. The normalized spacial score (nSPS) is 15.4. The Labute approximate surface area is 139 Å². The number of rotatable bonds is 2. The smallest absolute Gasteiger partial charge is 0.303 e. The third-order valence-corrected chi connectivity index (χ3v) is 4.10. The molecular weight excluding hydrogens is 350 g/mol. The van der Waals surface area contributed by atoms with E-state index in [2.05, 4.69) is 4.98 Å². The Morgan fingerprint density at radius 1 is 1.33 bits per heavy atom. The first-order valence-electron chi connectivity index (χ1n) is 7.09. The summed E-state index contributed by atoms with van der Waals surface area (Å²) >= 11 is 5.73. The van der Waals surface area contributed by atoms with Crippen LogP contribution in [0.1, 0.15) is 22.6 Å². The molecule has 0 spiro atoms. The fourth-order valence-electron chi connectivity index (χ4n) is 2.66. The molecular formula is C15H12ClF4N3O. The number of benzene rings is 1. The Balaban J connectivity index is 1.84. The van der Waals surface area contributed by atoms with Gasteiger partial charge in [-0.3, -0.25) is 9.69 Å². The number of hydrogen-bond acceptors (Lipinski definition) is 3. The predicted octanol–water partition coefficient (Wildman–Crippen LogP) is 3.14. The average Bonchev–Trinajstić information content (AvgIpc) is 2.50. The summed E-state index contributed by atoms with van der Waals surface area (Å²) in [7, 11) is 0. The van der Waals surface area contributed by atoms with Gasteiger partial charge < -0.3 is 4.98 Å². The van der Waals surface area contributed by atoms with Gasteiger partial charge in [0.1, 0.15) is 5.82 Å². The van der Waals surface area contributed by atoms with Gasteiger partial charge in [0, 0.05) is 25.2 Å². The van der Waals surface area contributed by atoms with E-state index in [4.69, 9.17) is 11.6 Å². The Bertz CT molecular complexity index is 834. The van der Waals surface area contributed by atoms with Gasteiger partial charge in [0.2, 0.25) is 5.82 Å². The molecule has 4 nitrogen and oxygen atoms in total. The quantitative estimate of drug-likeness (QED) is 0.836.